The second kappa shape index (κ2) is 6.73. The number of fused-ring (bicyclic) bond motifs is 1. The summed E-state index contributed by atoms with van der Waals surface area (Å²) in [5.41, 5.74) is 0.798. The van der Waals surface area contributed by atoms with E-state index in [-0.39, 0.29) is 17.5 Å². The molecule has 3 heterocycles. The summed E-state index contributed by atoms with van der Waals surface area (Å²) in [6, 6.07) is 8.24. The highest BCUT2D eigenvalue weighted by molar-refractivity contribution is 7.89. The van der Waals surface area contributed by atoms with Crippen molar-refractivity contribution in [3.63, 3.8) is 0 Å². The average Bonchev–Trinajstić information content (AvgIpc) is 3.12. The molecule has 26 heavy (non-hydrogen) atoms. The Kier molecular flexibility index (Phi) is 4.41. The molecule has 2 aliphatic heterocycles. The maximum absolute atomic E-state index is 12.9. The van der Waals surface area contributed by atoms with E-state index < -0.39 is 10.0 Å². The third-order valence-electron chi connectivity index (χ3n) is 4.32. The number of rotatable bonds is 4. The van der Waals surface area contributed by atoms with E-state index in [1.54, 1.807) is 24.3 Å². The van der Waals surface area contributed by atoms with Gasteiger partial charge in [-0.1, -0.05) is 0 Å². The Balaban J connectivity index is 1.48. The van der Waals surface area contributed by atoms with Crippen LogP contribution in [0.4, 0.5) is 0 Å². The van der Waals surface area contributed by atoms with Crippen molar-refractivity contribution in [1.82, 2.24) is 14.5 Å². The fourth-order valence-electron chi connectivity index (χ4n) is 2.97. The van der Waals surface area contributed by atoms with Gasteiger partial charge in [0.25, 0.3) is 0 Å². The van der Waals surface area contributed by atoms with Crippen LogP contribution in [0.2, 0.25) is 0 Å². The molecule has 1 unspecified atom stereocenters. The molecule has 2 aliphatic rings. The van der Waals surface area contributed by atoms with Gasteiger partial charge in [-0.15, -0.1) is 5.10 Å². The van der Waals surface area contributed by atoms with Crippen LogP contribution in [0, 0.1) is 6.92 Å². The number of benzene rings is 1. The Morgan fingerprint density at radius 3 is 2.69 bits per heavy atom. The second-order valence-corrected chi connectivity index (χ2v) is 8.15. The van der Waals surface area contributed by atoms with Gasteiger partial charge in [0.05, 0.1) is 17.1 Å². The Morgan fingerprint density at radius 1 is 1.12 bits per heavy atom. The molecule has 1 saturated heterocycles. The Morgan fingerprint density at radius 2 is 1.92 bits per heavy atom. The molecule has 1 fully saturated rings. The van der Waals surface area contributed by atoms with E-state index in [9.17, 15) is 8.42 Å². The van der Waals surface area contributed by atoms with Gasteiger partial charge in [-0.25, -0.2) is 8.42 Å². The molecule has 0 N–H and O–H groups in total. The van der Waals surface area contributed by atoms with Crippen molar-refractivity contribution in [2.45, 2.75) is 24.3 Å². The highest BCUT2D eigenvalue weighted by atomic mass is 32.2. The normalized spacial score (nSPS) is 20.1. The number of aryl methyl sites for hydroxylation is 1. The molecule has 2 aromatic rings. The number of ether oxygens (including phenoxy) is 3. The van der Waals surface area contributed by atoms with E-state index >= 15 is 0 Å². The zero-order valence-electron chi connectivity index (χ0n) is 14.3. The van der Waals surface area contributed by atoms with E-state index in [2.05, 4.69) is 10.2 Å². The Bertz CT molecular complexity index is 901. The fourth-order valence-corrected chi connectivity index (χ4v) is 4.47. The highest BCUT2D eigenvalue weighted by Gasteiger charge is 2.34. The summed E-state index contributed by atoms with van der Waals surface area (Å²) in [5.74, 6) is 1.43. The molecule has 138 valence electrons. The van der Waals surface area contributed by atoms with E-state index in [1.807, 2.05) is 6.92 Å². The van der Waals surface area contributed by atoms with Gasteiger partial charge in [0.1, 0.15) is 19.3 Å². The van der Waals surface area contributed by atoms with Crippen molar-refractivity contribution in [3.05, 3.63) is 36.0 Å². The molecule has 1 atom stereocenters. The van der Waals surface area contributed by atoms with Crippen molar-refractivity contribution in [2.24, 2.45) is 0 Å². The minimum Gasteiger partial charge on any atom is -0.486 e. The van der Waals surface area contributed by atoms with Gasteiger partial charge in [-0.2, -0.15) is 9.40 Å². The van der Waals surface area contributed by atoms with Gasteiger partial charge in [0.15, 0.2) is 11.5 Å². The monoisotopic (exact) mass is 377 g/mol. The molecule has 1 aromatic heterocycles. The van der Waals surface area contributed by atoms with Gasteiger partial charge in [-0.3, -0.25) is 0 Å². The maximum atomic E-state index is 12.9. The number of hydrogen-bond acceptors (Lipinski definition) is 7. The molecule has 9 heteroatoms. The molecule has 0 spiro atoms. The lowest BCUT2D eigenvalue weighted by molar-refractivity contribution is 0.171. The molecule has 0 bridgehead atoms. The van der Waals surface area contributed by atoms with Gasteiger partial charge in [0, 0.05) is 18.7 Å². The molecular formula is C17H19N3O5S. The first-order valence-corrected chi connectivity index (χ1v) is 9.83. The standard InChI is InChI=1S/C17H19N3O5S/c1-12-2-5-17(19-18-12)25-13-6-7-20(11-13)26(21,22)14-3-4-15-16(10-14)24-9-8-23-15/h2-5,10,13H,6-9,11H2,1H3. The van der Waals surface area contributed by atoms with Crippen LogP contribution in [0.1, 0.15) is 12.1 Å². The molecule has 1 aromatic carbocycles. The minimum atomic E-state index is -3.62. The molecule has 0 amide bonds. The summed E-state index contributed by atoms with van der Waals surface area (Å²) < 4.78 is 43.9. The smallest absolute Gasteiger partial charge is 0.243 e. The number of sulfonamides is 1. The summed E-state index contributed by atoms with van der Waals surface area (Å²) in [6.07, 6.45) is 0.346. The van der Waals surface area contributed by atoms with Gasteiger partial charge in [0.2, 0.25) is 15.9 Å². The first-order chi connectivity index (χ1) is 12.5. The van der Waals surface area contributed by atoms with Crippen molar-refractivity contribution in [1.29, 1.82) is 0 Å². The summed E-state index contributed by atoms with van der Waals surface area (Å²) in [4.78, 5) is 0.192. The van der Waals surface area contributed by atoms with Gasteiger partial charge in [-0.05, 0) is 31.5 Å². The maximum Gasteiger partial charge on any atom is 0.243 e. The molecule has 8 nitrogen and oxygen atoms in total. The molecule has 0 saturated carbocycles. The quantitative estimate of drug-likeness (QED) is 0.795. The SMILES string of the molecule is Cc1ccc(OC2CCN(S(=O)(=O)c3ccc4c(c3)OCCO4)C2)nn1. The Labute approximate surface area is 151 Å². The lowest BCUT2D eigenvalue weighted by Crippen LogP contribution is -2.31. The van der Waals surface area contributed by atoms with Crippen LogP contribution in [-0.4, -0.2) is 55.3 Å². The van der Waals surface area contributed by atoms with Crippen molar-refractivity contribution < 1.29 is 22.6 Å². The largest absolute Gasteiger partial charge is 0.486 e. The molecule has 0 radical (unpaired) electrons. The van der Waals surface area contributed by atoms with Crippen LogP contribution in [0.5, 0.6) is 17.4 Å². The van der Waals surface area contributed by atoms with E-state index in [0.29, 0.717) is 43.6 Å². The number of aromatic nitrogens is 2. The highest BCUT2D eigenvalue weighted by Crippen LogP contribution is 2.34. The third-order valence-corrected chi connectivity index (χ3v) is 6.18. The van der Waals surface area contributed by atoms with E-state index in [0.717, 1.165) is 5.69 Å². The molecular weight excluding hydrogens is 358 g/mol. The van der Waals surface area contributed by atoms with Crippen LogP contribution in [0.15, 0.2) is 35.2 Å². The van der Waals surface area contributed by atoms with Gasteiger partial charge >= 0.3 is 0 Å². The summed E-state index contributed by atoms with van der Waals surface area (Å²) >= 11 is 0. The fraction of sp³-hybridized carbons (Fsp3) is 0.412. The Hall–Kier alpha value is -2.39. The van der Waals surface area contributed by atoms with E-state index in [4.69, 9.17) is 14.2 Å². The van der Waals surface area contributed by atoms with Crippen molar-refractivity contribution in [2.75, 3.05) is 26.3 Å². The summed E-state index contributed by atoms with van der Waals surface area (Å²) in [7, 11) is -3.62. The summed E-state index contributed by atoms with van der Waals surface area (Å²) in [5, 5.41) is 7.91. The van der Waals surface area contributed by atoms with Crippen LogP contribution < -0.4 is 14.2 Å². The second-order valence-electron chi connectivity index (χ2n) is 6.21. The minimum absolute atomic E-state index is 0.192. The predicted octanol–water partition coefficient (Wildman–Crippen LogP) is 1.40. The number of nitrogens with zero attached hydrogens (tertiary/aromatic N) is 3. The topological polar surface area (TPSA) is 90.9 Å². The average molecular weight is 377 g/mol. The van der Waals surface area contributed by atoms with Crippen molar-refractivity contribution >= 4 is 10.0 Å². The predicted molar refractivity (Wildman–Crippen MR) is 92.0 cm³/mol. The zero-order chi connectivity index (χ0) is 18.1. The summed E-state index contributed by atoms with van der Waals surface area (Å²) in [6.45, 7) is 3.38. The van der Waals surface area contributed by atoms with E-state index in [1.165, 1.54) is 10.4 Å². The number of hydrogen-bond donors (Lipinski definition) is 0. The van der Waals surface area contributed by atoms with Crippen LogP contribution in [0.3, 0.4) is 0 Å². The van der Waals surface area contributed by atoms with Crippen LogP contribution in [-0.2, 0) is 10.0 Å². The van der Waals surface area contributed by atoms with Gasteiger partial charge < -0.3 is 14.2 Å². The third kappa shape index (κ3) is 3.32. The van der Waals surface area contributed by atoms with Crippen LogP contribution >= 0.6 is 0 Å². The lowest BCUT2D eigenvalue weighted by atomic mass is 10.3. The lowest BCUT2D eigenvalue weighted by Gasteiger charge is -2.21. The zero-order valence-corrected chi connectivity index (χ0v) is 15.1. The first-order valence-electron chi connectivity index (χ1n) is 8.39. The first kappa shape index (κ1) is 17.0. The molecule has 4 rings (SSSR count). The van der Waals surface area contributed by atoms with Crippen molar-refractivity contribution in [3.8, 4) is 17.4 Å². The molecule has 0 aliphatic carbocycles. The van der Waals surface area contributed by atoms with Crippen LogP contribution in [0.25, 0.3) is 0 Å².